The van der Waals surface area contributed by atoms with Crippen molar-refractivity contribution < 1.29 is 4.79 Å². The van der Waals surface area contributed by atoms with Crippen molar-refractivity contribution in [3.63, 3.8) is 0 Å². The van der Waals surface area contributed by atoms with Gasteiger partial charge in [0.25, 0.3) is 5.91 Å². The highest BCUT2D eigenvalue weighted by molar-refractivity contribution is 5.93. The van der Waals surface area contributed by atoms with E-state index in [0.29, 0.717) is 11.5 Å². The first-order valence-electron chi connectivity index (χ1n) is 5.75. The molecule has 1 aliphatic rings. The molecule has 18 heavy (non-hydrogen) atoms. The van der Waals surface area contributed by atoms with Gasteiger partial charge in [-0.05, 0) is 44.0 Å². The Balaban J connectivity index is 0.00000144. The fraction of sp³-hybridized carbons (Fsp3) is 0.500. The van der Waals surface area contributed by atoms with E-state index in [9.17, 15) is 4.79 Å². The number of carbonyl (C=O) groups is 1. The molecule has 6 heteroatoms. The van der Waals surface area contributed by atoms with Crippen molar-refractivity contribution in [2.24, 2.45) is 5.92 Å². The third-order valence-electron chi connectivity index (χ3n) is 2.92. The number of hydrogen-bond donors (Lipinski definition) is 2. The summed E-state index contributed by atoms with van der Waals surface area (Å²) < 4.78 is 0. The van der Waals surface area contributed by atoms with E-state index in [0.717, 1.165) is 26.1 Å². The second kappa shape index (κ2) is 9.14. The van der Waals surface area contributed by atoms with Crippen LogP contribution in [0.15, 0.2) is 24.5 Å². The lowest BCUT2D eigenvalue weighted by molar-refractivity contribution is 0.0951. The number of rotatable bonds is 4. The third kappa shape index (κ3) is 5.21. The first kappa shape index (κ1) is 17.2. The molecule has 0 spiro atoms. The zero-order chi connectivity index (χ0) is 11.2. The predicted octanol–water partition coefficient (Wildman–Crippen LogP) is 1.65. The SMILES string of the molecule is Cl.Cl.O=C(NCCC1CCNC1)c1cccnc1. The number of aromatic nitrogens is 1. The van der Waals surface area contributed by atoms with E-state index in [2.05, 4.69) is 15.6 Å². The van der Waals surface area contributed by atoms with Crippen LogP contribution in [0.4, 0.5) is 0 Å². The molecule has 1 aliphatic heterocycles. The van der Waals surface area contributed by atoms with E-state index in [1.165, 1.54) is 6.42 Å². The van der Waals surface area contributed by atoms with Crippen molar-refractivity contribution in [3.8, 4) is 0 Å². The van der Waals surface area contributed by atoms with Gasteiger partial charge in [-0.2, -0.15) is 0 Å². The summed E-state index contributed by atoms with van der Waals surface area (Å²) in [6.45, 7) is 2.95. The summed E-state index contributed by atoms with van der Waals surface area (Å²) in [5.41, 5.74) is 0.632. The fourth-order valence-electron chi connectivity index (χ4n) is 1.95. The second-order valence-electron chi connectivity index (χ2n) is 4.15. The van der Waals surface area contributed by atoms with Crippen LogP contribution in [-0.4, -0.2) is 30.5 Å². The Morgan fingerprint density at radius 1 is 1.50 bits per heavy atom. The minimum atomic E-state index is -0.0287. The van der Waals surface area contributed by atoms with E-state index in [1.54, 1.807) is 24.5 Å². The Morgan fingerprint density at radius 2 is 2.33 bits per heavy atom. The normalized spacial score (nSPS) is 17.4. The van der Waals surface area contributed by atoms with Crippen molar-refractivity contribution in [2.75, 3.05) is 19.6 Å². The van der Waals surface area contributed by atoms with Crippen molar-refractivity contribution in [1.82, 2.24) is 15.6 Å². The molecule has 1 aromatic rings. The zero-order valence-electron chi connectivity index (χ0n) is 10.1. The first-order chi connectivity index (χ1) is 7.86. The summed E-state index contributed by atoms with van der Waals surface area (Å²) >= 11 is 0. The Labute approximate surface area is 120 Å². The van der Waals surface area contributed by atoms with E-state index in [4.69, 9.17) is 0 Å². The topological polar surface area (TPSA) is 54.0 Å². The molecule has 2 heterocycles. The summed E-state index contributed by atoms with van der Waals surface area (Å²) in [5.74, 6) is 0.688. The zero-order valence-corrected chi connectivity index (χ0v) is 11.7. The highest BCUT2D eigenvalue weighted by Crippen LogP contribution is 2.10. The first-order valence-corrected chi connectivity index (χ1v) is 5.75. The van der Waals surface area contributed by atoms with E-state index < -0.39 is 0 Å². The number of amides is 1. The lowest BCUT2D eigenvalue weighted by Gasteiger charge is -2.09. The maximum atomic E-state index is 11.7. The van der Waals surface area contributed by atoms with Crippen LogP contribution in [0.1, 0.15) is 23.2 Å². The fourth-order valence-corrected chi connectivity index (χ4v) is 1.95. The van der Waals surface area contributed by atoms with Gasteiger partial charge >= 0.3 is 0 Å². The summed E-state index contributed by atoms with van der Waals surface area (Å²) in [7, 11) is 0. The summed E-state index contributed by atoms with van der Waals surface area (Å²) in [6, 6.07) is 3.55. The molecule has 0 aliphatic carbocycles. The van der Waals surface area contributed by atoms with Gasteiger partial charge in [-0.15, -0.1) is 24.8 Å². The standard InChI is InChI=1S/C12H17N3O.2ClH/c16-12(11-2-1-5-13-9-11)15-7-4-10-3-6-14-8-10;;/h1-2,5,9-10,14H,3-4,6-8H2,(H,15,16);2*1H. The molecule has 1 atom stereocenters. The minimum Gasteiger partial charge on any atom is -0.352 e. The highest BCUT2D eigenvalue weighted by atomic mass is 35.5. The average molecular weight is 292 g/mol. The molecular weight excluding hydrogens is 273 g/mol. The Hall–Kier alpha value is -0.840. The van der Waals surface area contributed by atoms with Gasteiger partial charge in [-0.25, -0.2) is 0 Å². The lowest BCUT2D eigenvalue weighted by atomic mass is 10.1. The van der Waals surface area contributed by atoms with Gasteiger partial charge in [0.1, 0.15) is 0 Å². The molecule has 0 radical (unpaired) electrons. The molecule has 2 rings (SSSR count). The number of nitrogens with one attached hydrogen (secondary N) is 2. The Morgan fingerprint density at radius 3 is 2.94 bits per heavy atom. The van der Waals surface area contributed by atoms with Gasteiger partial charge in [0.15, 0.2) is 0 Å². The molecule has 2 N–H and O–H groups in total. The average Bonchev–Trinajstić information content (AvgIpc) is 2.83. The number of hydrogen-bond acceptors (Lipinski definition) is 3. The molecule has 1 aromatic heterocycles. The molecule has 1 amide bonds. The van der Waals surface area contributed by atoms with Crippen molar-refractivity contribution in [2.45, 2.75) is 12.8 Å². The summed E-state index contributed by atoms with van der Waals surface area (Å²) in [6.07, 6.45) is 5.54. The van der Waals surface area contributed by atoms with Crippen molar-refractivity contribution >= 4 is 30.7 Å². The number of pyridine rings is 1. The third-order valence-corrected chi connectivity index (χ3v) is 2.92. The van der Waals surface area contributed by atoms with Crippen LogP contribution in [0.5, 0.6) is 0 Å². The maximum absolute atomic E-state index is 11.7. The van der Waals surface area contributed by atoms with Crippen LogP contribution in [0.25, 0.3) is 0 Å². The van der Waals surface area contributed by atoms with E-state index in [1.807, 2.05) is 0 Å². The monoisotopic (exact) mass is 291 g/mol. The summed E-state index contributed by atoms with van der Waals surface area (Å²) in [5, 5.41) is 6.24. The number of nitrogens with zero attached hydrogens (tertiary/aromatic N) is 1. The van der Waals surface area contributed by atoms with Gasteiger partial charge in [-0.3, -0.25) is 9.78 Å². The van der Waals surface area contributed by atoms with E-state index >= 15 is 0 Å². The quantitative estimate of drug-likeness (QED) is 0.887. The molecule has 1 unspecified atom stereocenters. The molecule has 0 bridgehead atoms. The maximum Gasteiger partial charge on any atom is 0.252 e. The van der Waals surface area contributed by atoms with Gasteiger partial charge < -0.3 is 10.6 Å². The lowest BCUT2D eigenvalue weighted by Crippen LogP contribution is -2.26. The Bertz CT molecular complexity index is 342. The molecule has 102 valence electrons. The van der Waals surface area contributed by atoms with Crippen LogP contribution < -0.4 is 10.6 Å². The van der Waals surface area contributed by atoms with Crippen molar-refractivity contribution in [1.29, 1.82) is 0 Å². The summed E-state index contributed by atoms with van der Waals surface area (Å²) in [4.78, 5) is 15.6. The molecule has 1 saturated heterocycles. The number of carbonyl (C=O) groups excluding carboxylic acids is 1. The van der Waals surface area contributed by atoms with Crippen LogP contribution in [0, 0.1) is 5.92 Å². The highest BCUT2D eigenvalue weighted by Gasteiger charge is 2.14. The molecule has 0 aromatic carbocycles. The van der Waals surface area contributed by atoms with Crippen LogP contribution in [-0.2, 0) is 0 Å². The van der Waals surface area contributed by atoms with Crippen LogP contribution in [0.3, 0.4) is 0 Å². The second-order valence-corrected chi connectivity index (χ2v) is 4.15. The predicted molar refractivity (Wildman–Crippen MR) is 76.7 cm³/mol. The molecule has 4 nitrogen and oxygen atoms in total. The van der Waals surface area contributed by atoms with Gasteiger partial charge in [0, 0.05) is 18.9 Å². The molecule has 0 saturated carbocycles. The smallest absolute Gasteiger partial charge is 0.252 e. The van der Waals surface area contributed by atoms with Gasteiger partial charge in [-0.1, -0.05) is 0 Å². The Kier molecular flexibility index (Phi) is 8.71. The molecule has 1 fully saturated rings. The van der Waals surface area contributed by atoms with Gasteiger partial charge in [0.05, 0.1) is 5.56 Å². The number of halogens is 2. The van der Waals surface area contributed by atoms with Crippen molar-refractivity contribution in [3.05, 3.63) is 30.1 Å². The minimum absolute atomic E-state index is 0. The van der Waals surface area contributed by atoms with E-state index in [-0.39, 0.29) is 30.7 Å². The van der Waals surface area contributed by atoms with Crippen LogP contribution >= 0.6 is 24.8 Å². The van der Waals surface area contributed by atoms with Crippen LogP contribution in [0.2, 0.25) is 0 Å². The molecular formula is C12H19Cl2N3O. The van der Waals surface area contributed by atoms with Gasteiger partial charge in [0.2, 0.25) is 0 Å². The largest absolute Gasteiger partial charge is 0.352 e.